The van der Waals surface area contributed by atoms with E-state index >= 15 is 0 Å². The SMILES string of the molecule is CN(CC1CNNC1c1ccccc1)C1CCCN(CCc2ccccc2)C1. The zero-order valence-corrected chi connectivity index (χ0v) is 17.1. The lowest BCUT2D eigenvalue weighted by Crippen LogP contribution is -2.48. The second-order valence-electron chi connectivity index (χ2n) is 8.45. The minimum absolute atomic E-state index is 0.404. The lowest BCUT2D eigenvalue weighted by atomic mass is 9.93. The molecule has 2 aromatic rings. The average Bonchev–Trinajstić information content (AvgIpc) is 3.22. The quantitative estimate of drug-likeness (QED) is 0.775. The molecule has 4 rings (SSSR count). The van der Waals surface area contributed by atoms with E-state index in [4.69, 9.17) is 0 Å². The molecular formula is C24H34N4. The van der Waals surface area contributed by atoms with Crippen molar-refractivity contribution < 1.29 is 0 Å². The Kier molecular flexibility index (Phi) is 6.76. The maximum atomic E-state index is 3.49. The Balaban J connectivity index is 1.29. The molecule has 2 saturated heterocycles. The molecule has 0 spiro atoms. The van der Waals surface area contributed by atoms with Gasteiger partial charge in [-0.05, 0) is 44.0 Å². The molecule has 2 heterocycles. The van der Waals surface area contributed by atoms with Gasteiger partial charge in [0.1, 0.15) is 0 Å². The maximum absolute atomic E-state index is 3.49. The van der Waals surface area contributed by atoms with Gasteiger partial charge in [0.05, 0.1) is 6.04 Å². The Morgan fingerprint density at radius 3 is 2.57 bits per heavy atom. The summed E-state index contributed by atoms with van der Waals surface area (Å²) in [5.74, 6) is 0.604. The van der Waals surface area contributed by atoms with Crippen LogP contribution in [-0.2, 0) is 6.42 Å². The Morgan fingerprint density at radius 2 is 1.79 bits per heavy atom. The Morgan fingerprint density at radius 1 is 1.04 bits per heavy atom. The van der Waals surface area contributed by atoms with Gasteiger partial charge in [-0.2, -0.15) is 0 Å². The van der Waals surface area contributed by atoms with Crippen LogP contribution in [0.1, 0.15) is 30.0 Å². The van der Waals surface area contributed by atoms with Gasteiger partial charge in [-0.25, -0.2) is 5.43 Å². The number of piperidine rings is 1. The van der Waals surface area contributed by atoms with Crippen molar-refractivity contribution in [3.63, 3.8) is 0 Å². The first-order valence-corrected chi connectivity index (χ1v) is 10.8. The van der Waals surface area contributed by atoms with Gasteiger partial charge >= 0.3 is 0 Å². The predicted molar refractivity (Wildman–Crippen MR) is 116 cm³/mol. The van der Waals surface area contributed by atoms with Crippen LogP contribution in [0.2, 0.25) is 0 Å². The molecule has 0 bridgehead atoms. The number of benzene rings is 2. The first-order chi connectivity index (χ1) is 13.8. The third-order valence-corrected chi connectivity index (χ3v) is 6.44. The summed E-state index contributed by atoms with van der Waals surface area (Å²) >= 11 is 0. The summed E-state index contributed by atoms with van der Waals surface area (Å²) < 4.78 is 0. The van der Waals surface area contributed by atoms with Crippen LogP contribution in [0.15, 0.2) is 60.7 Å². The number of likely N-dealkylation sites (N-methyl/N-ethyl adjacent to an activating group) is 1. The molecule has 0 amide bonds. The number of hydrogen-bond acceptors (Lipinski definition) is 4. The molecule has 0 aromatic heterocycles. The lowest BCUT2D eigenvalue weighted by Gasteiger charge is -2.39. The minimum atomic E-state index is 0.404. The molecule has 28 heavy (non-hydrogen) atoms. The number of nitrogens with zero attached hydrogens (tertiary/aromatic N) is 2. The van der Waals surface area contributed by atoms with Gasteiger partial charge < -0.3 is 9.80 Å². The molecule has 2 fully saturated rings. The molecule has 2 aliphatic rings. The molecule has 2 aromatic carbocycles. The fourth-order valence-electron chi connectivity index (χ4n) is 4.77. The van der Waals surface area contributed by atoms with Gasteiger partial charge in [0, 0.05) is 38.1 Å². The van der Waals surface area contributed by atoms with Gasteiger partial charge in [0.25, 0.3) is 0 Å². The van der Waals surface area contributed by atoms with E-state index in [2.05, 4.69) is 88.4 Å². The first-order valence-electron chi connectivity index (χ1n) is 10.8. The highest BCUT2D eigenvalue weighted by Crippen LogP contribution is 2.26. The second-order valence-corrected chi connectivity index (χ2v) is 8.45. The fourth-order valence-corrected chi connectivity index (χ4v) is 4.77. The van der Waals surface area contributed by atoms with Crippen LogP contribution in [-0.4, -0.2) is 55.6 Å². The van der Waals surface area contributed by atoms with Gasteiger partial charge in [-0.15, -0.1) is 0 Å². The monoisotopic (exact) mass is 378 g/mol. The Hall–Kier alpha value is -1.72. The van der Waals surface area contributed by atoms with Crippen LogP contribution in [0.4, 0.5) is 0 Å². The Bertz CT molecular complexity index is 705. The van der Waals surface area contributed by atoms with Crippen LogP contribution in [0.25, 0.3) is 0 Å². The molecule has 4 nitrogen and oxygen atoms in total. The normalized spacial score (nSPS) is 26.0. The van der Waals surface area contributed by atoms with Crippen molar-refractivity contribution in [2.75, 3.05) is 39.8 Å². The largest absolute Gasteiger partial charge is 0.302 e. The molecule has 0 aliphatic carbocycles. The molecule has 4 heteroatoms. The highest BCUT2D eigenvalue weighted by molar-refractivity contribution is 5.21. The van der Waals surface area contributed by atoms with E-state index in [1.165, 1.54) is 43.6 Å². The smallest absolute Gasteiger partial charge is 0.0515 e. The summed E-state index contributed by atoms with van der Waals surface area (Å²) in [7, 11) is 2.33. The molecule has 3 unspecified atom stereocenters. The third kappa shape index (κ3) is 5.00. The van der Waals surface area contributed by atoms with Crippen LogP contribution < -0.4 is 10.9 Å². The van der Waals surface area contributed by atoms with E-state index < -0.39 is 0 Å². The number of rotatable bonds is 7. The van der Waals surface area contributed by atoms with E-state index in [0.717, 1.165) is 19.5 Å². The van der Waals surface area contributed by atoms with Gasteiger partial charge in [0.2, 0.25) is 0 Å². The van der Waals surface area contributed by atoms with Gasteiger partial charge in [-0.3, -0.25) is 5.43 Å². The first kappa shape index (κ1) is 19.6. The van der Waals surface area contributed by atoms with Crippen molar-refractivity contribution in [1.29, 1.82) is 0 Å². The molecule has 0 radical (unpaired) electrons. The molecule has 2 aliphatic heterocycles. The van der Waals surface area contributed by atoms with E-state index in [0.29, 0.717) is 18.0 Å². The summed E-state index contributed by atoms with van der Waals surface area (Å²) in [6.07, 6.45) is 3.79. The average molecular weight is 379 g/mol. The summed E-state index contributed by atoms with van der Waals surface area (Å²) in [6, 6.07) is 22.8. The maximum Gasteiger partial charge on any atom is 0.0515 e. The second kappa shape index (κ2) is 9.66. The van der Waals surface area contributed by atoms with Gasteiger partial charge in [-0.1, -0.05) is 60.7 Å². The predicted octanol–water partition coefficient (Wildman–Crippen LogP) is 3.09. The zero-order valence-electron chi connectivity index (χ0n) is 17.1. The number of likely N-dealkylation sites (tertiary alicyclic amines) is 1. The fraction of sp³-hybridized carbons (Fsp3) is 0.500. The standard InChI is InChI=1S/C24H34N4/c1-27(18-22-17-25-26-24(22)21-11-6-3-7-12-21)23-13-8-15-28(19-23)16-14-20-9-4-2-5-10-20/h2-7,9-12,22-26H,8,13-19H2,1H3. The van der Waals surface area contributed by atoms with E-state index in [9.17, 15) is 0 Å². The van der Waals surface area contributed by atoms with Crippen molar-refractivity contribution >= 4 is 0 Å². The van der Waals surface area contributed by atoms with Crippen LogP contribution in [0.5, 0.6) is 0 Å². The molecule has 150 valence electrons. The van der Waals surface area contributed by atoms with E-state index in [1.54, 1.807) is 0 Å². The van der Waals surface area contributed by atoms with Crippen LogP contribution >= 0.6 is 0 Å². The summed E-state index contributed by atoms with van der Waals surface area (Å²) in [4.78, 5) is 5.28. The van der Waals surface area contributed by atoms with Crippen molar-refractivity contribution in [1.82, 2.24) is 20.7 Å². The van der Waals surface area contributed by atoms with Crippen molar-refractivity contribution in [3.8, 4) is 0 Å². The lowest BCUT2D eigenvalue weighted by molar-refractivity contribution is 0.104. The summed E-state index contributed by atoms with van der Waals surface area (Å²) in [5, 5.41) is 0. The minimum Gasteiger partial charge on any atom is -0.302 e. The zero-order chi connectivity index (χ0) is 19.2. The van der Waals surface area contributed by atoms with Crippen LogP contribution in [0, 0.1) is 5.92 Å². The molecule has 2 N–H and O–H groups in total. The molecule has 0 saturated carbocycles. The third-order valence-electron chi connectivity index (χ3n) is 6.44. The topological polar surface area (TPSA) is 30.5 Å². The number of hydrazine groups is 1. The highest BCUT2D eigenvalue weighted by atomic mass is 15.4. The van der Waals surface area contributed by atoms with E-state index in [1.807, 2.05) is 0 Å². The Labute approximate surface area is 169 Å². The summed E-state index contributed by atoms with van der Waals surface area (Å²) in [5.41, 5.74) is 9.72. The van der Waals surface area contributed by atoms with E-state index in [-0.39, 0.29) is 0 Å². The van der Waals surface area contributed by atoms with Crippen molar-refractivity contribution in [2.45, 2.75) is 31.3 Å². The number of nitrogens with one attached hydrogen (secondary N) is 2. The van der Waals surface area contributed by atoms with Crippen molar-refractivity contribution in [2.24, 2.45) is 5.92 Å². The van der Waals surface area contributed by atoms with Crippen molar-refractivity contribution in [3.05, 3.63) is 71.8 Å². The molecular weight excluding hydrogens is 344 g/mol. The summed E-state index contributed by atoms with van der Waals surface area (Å²) in [6.45, 7) is 5.79. The van der Waals surface area contributed by atoms with Crippen LogP contribution in [0.3, 0.4) is 0 Å². The number of hydrogen-bond donors (Lipinski definition) is 2. The molecule has 3 atom stereocenters. The van der Waals surface area contributed by atoms with Gasteiger partial charge in [0.15, 0.2) is 0 Å². The highest BCUT2D eigenvalue weighted by Gasteiger charge is 2.31.